The van der Waals surface area contributed by atoms with Crippen LogP contribution in [0, 0.1) is 0 Å². The Labute approximate surface area is 170 Å². The minimum atomic E-state index is -1.05. The number of carbonyl (C=O) groups excluding carboxylic acids is 3. The maximum absolute atomic E-state index is 13.2. The molecule has 2 N–H and O–H groups in total. The topological polar surface area (TPSA) is 78.5 Å². The lowest BCUT2D eigenvalue weighted by Crippen LogP contribution is -2.47. The molecular formula is C23H25N3O3. The Morgan fingerprint density at radius 3 is 2.59 bits per heavy atom. The van der Waals surface area contributed by atoms with E-state index < -0.39 is 17.5 Å². The van der Waals surface area contributed by atoms with E-state index in [9.17, 15) is 14.4 Å². The molecule has 6 nitrogen and oxygen atoms in total. The van der Waals surface area contributed by atoms with Gasteiger partial charge in [-0.1, -0.05) is 50.2 Å². The molecular weight excluding hydrogens is 366 g/mol. The number of anilines is 1. The van der Waals surface area contributed by atoms with Gasteiger partial charge in [0.1, 0.15) is 12.1 Å². The van der Waals surface area contributed by atoms with E-state index in [4.69, 9.17) is 0 Å². The number of amides is 4. The maximum Gasteiger partial charge on any atom is 0.325 e. The molecule has 150 valence electrons. The van der Waals surface area contributed by atoms with E-state index in [1.807, 2.05) is 48.5 Å². The molecule has 4 rings (SSSR count). The maximum atomic E-state index is 13.2. The number of carbonyl (C=O) groups is 3. The fourth-order valence-corrected chi connectivity index (χ4v) is 4.25. The second kappa shape index (κ2) is 7.35. The summed E-state index contributed by atoms with van der Waals surface area (Å²) in [7, 11) is 0. The fraction of sp³-hybridized carbons (Fsp3) is 0.348. The molecule has 0 aromatic heterocycles. The number of fused-ring (bicyclic) bond motifs is 2. The molecule has 1 saturated heterocycles. The Morgan fingerprint density at radius 1 is 1.14 bits per heavy atom. The van der Waals surface area contributed by atoms with Gasteiger partial charge in [-0.2, -0.15) is 0 Å². The predicted molar refractivity (Wildman–Crippen MR) is 110 cm³/mol. The van der Waals surface area contributed by atoms with Crippen molar-refractivity contribution in [2.45, 2.75) is 44.6 Å². The summed E-state index contributed by atoms with van der Waals surface area (Å²) in [6.07, 6.45) is 2.24. The number of nitrogens with one attached hydrogen (secondary N) is 2. The molecule has 1 fully saturated rings. The fourth-order valence-electron chi connectivity index (χ4n) is 4.25. The molecule has 2 aromatic carbocycles. The second-order valence-corrected chi connectivity index (χ2v) is 8.06. The van der Waals surface area contributed by atoms with Crippen molar-refractivity contribution in [2.75, 3.05) is 11.9 Å². The molecule has 29 heavy (non-hydrogen) atoms. The highest BCUT2D eigenvalue weighted by molar-refractivity contribution is 6.10. The number of urea groups is 1. The molecule has 1 spiro atoms. The number of hydrogen-bond donors (Lipinski definition) is 2. The monoisotopic (exact) mass is 391 g/mol. The van der Waals surface area contributed by atoms with E-state index in [2.05, 4.69) is 24.5 Å². The molecule has 1 aliphatic carbocycles. The largest absolute Gasteiger partial charge is 0.325 e. The normalized spacial score (nSPS) is 20.7. The molecule has 2 aromatic rings. The highest BCUT2D eigenvalue weighted by Gasteiger charge is 2.54. The van der Waals surface area contributed by atoms with Gasteiger partial charge in [0.15, 0.2) is 0 Å². The lowest BCUT2D eigenvalue weighted by molar-refractivity contribution is -0.134. The third kappa shape index (κ3) is 3.39. The lowest BCUT2D eigenvalue weighted by atomic mass is 9.76. The first-order chi connectivity index (χ1) is 13.9. The van der Waals surface area contributed by atoms with Gasteiger partial charge in [-0.3, -0.25) is 14.5 Å². The first-order valence-electron chi connectivity index (χ1n) is 10.0. The lowest BCUT2D eigenvalue weighted by Gasteiger charge is -2.33. The van der Waals surface area contributed by atoms with E-state index in [0.717, 1.165) is 28.9 Å². The molecule has 2 aliphatic rings. The van der Waals surface area contributed by atoms with Crippen molar-refractivity contribution in [3.8, 4) is 0 Å². The van der Waals surface area contributed by atoms with Gasteiger partial charge in [-0.15, -0.1) is 0 Å². The molecule has 1 heterocycles. The highest BCUT2D eigenvalue weighted by Crippen LogP contribution is 2.39. The Kier molecular flexibility index (Phi) is 4.86. The van der Waals surface area contributed by atoms with Crippen molar-refractivity contribution < 1.29 is 14.4 Å². The Bertz CT molecular complexity index is 968. The Morgan fingerprint density at radius 2 is 1.86 bits per heavy atom. The predicted octanol–water partition coefficient (Wildman–Crippen LogP) is 3.53. The van der Waals surface area contributed by atoms with Gasteiger partial charge in [0.05, 0.1) is 0 Å². The van der Waals surface area contributed by atoms with Gasteiger partial charge in [0.2, 0.25) is 5.91 Å². The van der Waals surface area contributed by atoms with Gasteiger partial charge in [0, 0.05) is 5.69 Å². The number of benzene rings is 2. The van der Waals surface area contributed by atoms with Gasteiger partial charge in [-0.25, -0.2) is 4.79 Å². The van der Waals surface area contributed by atoms with Crippen LogP contribution in [0.2, 0.25) is 0 Å². The number of aryl methyl sites for hydroxylation is 1. The highest BCUT2D eigenvalue weighted by atomic mass is 16.2. The average molecular weight is 391 g/mol. The summed E-state index contributed by atoms with van der Waals surface area (Å²) < 4.78 is 0. The third-order valence-corrected chi connectivity index (χ3v) is 5.81. The molecule has 4 amide bonds. The van der Waals surface area contributed by atoms with Crippen molar-refractivity contribution >= 4 is 23.5 Å². The zero-order valence-corrected chi connectivity index (χ0v) is 16.7. The van der Waals surface area contributed by atoms with Crippen molar-refractivity contribution in [1.29, 1.82) is 0 Å². The number of imide groups is 1. The van der Waals surface area contributed by atoms with Crippen LogP contribution in [-0.4, -0.2) is 29.3 Å². The minimum Gasteiger partial charge on any atom is -0.325 e. The molecule has 6 heteroatoms. The first kappa shape index (κ1) is 19.2. The minimum absolute atomic E-state index is 0.305. The van der Waals surface area contributed by atoms with E-state index in [1.165, 1.54) is 5.56 Å². The van der Waals surface area contributed by atoms with Gasteiger partial charge >= 0.3 is 6.03 Å². The summed E-state index contributed by atoms with van der Waals surface area (Å²) in [6.45, 7) is 3.90. The van der Waals surface area contributed by atoms with Crippen LogP contribution in [-0.2, 0) is 21.5 Å². The van der Waals surface area contributed by atoms with Crippen LogP contribution in [0.5, 0.6) is 0 Å². The van der Waals surface area contributed by atoms with Crippen molar-refractivity contribution in [2.24, 2.45) is 0 Å². The number of hydrogen-bond acceptors (Lipinski definition) is 3. The Hall–Kier alpha value is -3.15. The summed E-state index contributed by atoms with van der Waals surface area (Å²) in [6, 6.07) is 14.8. The average Bonchev–Trinajstić information content (AvgIpc) is 2.93. The summed E-state index contributed by atoms with van der Waals surface area (Å²) in [4.78, 5) is 39.4. The van der Waals surface area contributed by atoms with E-state index in [-0.39, 0.29) is 12.5 Å². The summed E-state index contributed by atoms with van der Waals surface area (Å²) >= 11 is 0. The van der Waals surface area contributed by atoms with Crippen LogP contribution in [0.15, 0.2) is 48.5 Å². The van der Waals surface area contributed by atoms with Gasteiger partial charge < -0.3 is 10.6 Å². The molecule has 0 radical (unpaired) electrons. The zero-order valence-electron chi connectivity index (χ0n) is 16.7. The van der Waals surface area contributed by atoms with Crippen molar-refractivity contribution in [1.82, 2.24) is 10.2 Å². The summed E-state index contributed by atoms with van der Waals surface area (Å²) in [5, 5.41) is 5.65. The van der Waals surface area contributed by atoms with E-state index in [1.54, 1.807) is 0 Å². The van der Waals surface area contributed by atoms with E-state index in [0.29, 0.717) is 18.0 Å². The summed E-state index contributed by atoms with van der Waals surface area (Å²) in [5.41, 5.74) is 2.69. The van der Waals surface area contributed by atoms with E-state index >= 15 is 0 Å². The standard InChI is InChI=1S/C23H25N3O3/c1-15(2)16-9-11-18(12-10-16)24-20(27)14-26-21(28)23(25-22(26)29)13-5-7-17-6-3-4-8-19(17)23/h3-4,6,8-12,15H,5,7,13-14H2,1-2H3,(H,24,27)(H,25,29)/t23-/m0/s1. The van der Waals surface area contributed by atoms with Gasteiger partial charge in [0.25, 0.3) is 5.91 Å². The van der Waals surface area contributed by atoms with Crippen molar-refractivity contribution in [3.05, 3.63) is 65.2 Å². The van der Waals surface area contributed by atoms with Crippen LogP contribution in [0.3, 0.4) is 0 Å². The third-order valence-electron chi connectivity index (χ3n) is 5.81. The SMILES string of the molecule is CC(C)c1ccc(NC(=O)CN2C(=O)N[C@]3(CCCc4ccccc43)C2=O)cc1. The van der Waals surface area contributed by atoms with Crippen LogP contribution in [0.4, 0.5) is 10.5 Å². The smallest absolute Gasteiger partial charge is 0.325 e. The second-order valence-electron chi connectivity index (χ2n) is 8.06. The van der Waals surface area contributed by atoms with Crippen molar-refractivity contribution in [3.63, 3.8) is 0 Å². The molecule has 1 atom stereocenters. The molecule has 0 bridgehead atoms. The molecule has 0 unspecified atom stereocenters. The quantitative estimate of drug-likeness (QED) is 0.783. The molecule has 0 saturated carbocycles. The van der Waals surface area contributed by atoms with Crippen LogP contribution in [0.1, 0.15) is 49.3 Å². The van der Waals surface area contributed by atoms with Gasteiger partial charge in [-0.05, 0) is 54.0 Å². The number of rotatable bonds is 4. The first-order valence-corrected chi connectivity index (χ1v) is 10.0. The number of nitrogens with zero attached hydrogens (tertiary/aromatic N) is 1. The van der Waals surface area contributed by atoms with Crippen LogP contribution < -0.4 is 10.6 Å². The molecule has 1 aliphatic heterocycles. The van der Waals surface area contributed by atoms with Crippen LogP contribution >= 0.6 is 0 Å². The van der Waals surface area contributed by atoms with Crippen LogP contribution in [0.25, 0.3) is 0 Å². The summed E-state index contributed by atoms with van der Waals surface area (Å²) in [5.74, 6) is -0.341. The zero-order chi connectivity index (χ0) is 20.6. The Balaban J connectivity index is 1.49.